The first-order valence-corrected chi connectivity index (χ1v) is 8.64. The summed E-state index contributed by atoms with van der Waals surface area (Å²) in [6.45, 7) is 7.20. The molecule has 1 N–H and O–H groups in total. The second-order valence-corrected chi connectivity index (χ2v) is 8.36. The first-order chi connectivity index (χ1) is 9.35. The van der Waals surface area contributed by atoms with Crippen LogP contribution in [0.5, 0.6) is 0 Å². The second-order valence-electron chi connectivity index (χ2n) is 6.74. The Hall–Kier alpha value is -0.460. The van der Waals surface area contributed by atoms with Crippen LogP contribution in [-0.2, 0) is 6.67 Å². The number of aromatic nitrogens is 2. The van der Waals surface area contributed by atoms with Gasteiger partial charge in [0.15, 0.2) is 3.95 Å². The maximum atomic E-state index is 5.43. The zero-order valence-corrected chi connectivity index (χ0v) is 14.6. The van der Waals surface area contributed by atoms with Crippen LogP contribution in [0.2, 0.25) is 0 Å². The molecule has 0 spiro atoms. The SMILES string of the molecule is CN(Cn1nc(NC(C)(C)C)sc1=S)C1CCCCC1. The summed E-state index contributed by atoms with van der Waals surface area (Å²) in [6.07, 6.45) is 6.71. The van der Waals surface area contributed by atoms with Gasteiger partial charge in [-0.15, -0.1) is 5.10 Å². The predicted octanol–water partition coefficient (Wildman–Crippen LogP) is 4.11. The number of nitrogens with one attached hydrogen (secondary N) is 1. The first kappa shape index (κ1) is 15.9. The fraction of sp³-hybridized carbons (Fsp3) is 0.857. The van der Waals surface area contributed by atoms with Crippen LogP contribution in [0.25, 0.3) is 0 Å². The average Bonchev–Trinajstić information content (AvgIpc) is 2.68. The lowest BCUT2D eigenvalue weighted by atomic mass is 9.95. The maximum Gasteiger partial charge on any atom is 0.205 e. The molecule has 0 unspecified atom stereocenters. The lowest BCUT2D eigenvalue weighted by Gasteiger charge is -2.30. The Morgan fingerprint density at radius 1 is 1.35 bits per heavy atom. The van der Waals surface area contributed by atoms with Gasteiger partial charge < -0.3 is 5.32 Å². The van der Waals surface area contributed by atoms with E-state index in [4.69, 9.17) is 12.2 Å². The van der Waals surface area contributed by atoms with Crippen LogP contribution in [0, 0.1) is 3.95 Å². The smallest absolute Gasteiger partial charge is 0.205 e. The van der Waals surface area contributed by atoms with E-state index < -0.39 is 0 Å². The molecule has 20 heavy (non-hydrogen) atoms. The Bertz CT molecular complexity index is 480. The lowest BCUT2D eigenvalue weighted by Crippen LogP contribution is -2.35. The highest BCUT2D eigenvalue weighted by molar-refractivity contribution is 7.73. The molecule has 1 aromatic heterocycles. The van der Waals surface area contributed by atoms with Crippen LogP contribution in [0.4, 0.5) is 5.13 Å². The highest BCUT2D eigenvalue weighted by Crippen LogP contribution is 2.23. The Balaban J connectivity index is 2.00. The zero-order valence-electron chi connectivity index (χ0n) is 13.0. The van der Waals surface area contributed by atoms with Gasteiger partial charge in [0.05, 0.1) is 6.67 Å². The van der Waals surface area contributed by atoms with Crippen LogP contribution in [-0.4, -0.2) is 33.3 Å². The summed E-state index contributed by atoms with van der Waals surface area (Å²) in [4.78, 5) is 2.40. The van der Waals surface area contributed by atoms with Crippen molar-refractivity contribution < 1.29 is 0 Å². The van der Waals surface area contributed by atoms with Crippen LogP contribution in [0.1, 0.15) is 52.9 Å². The molecular formula is C14H26N4S2. The Morgan fingerprint density at radius 2 is 2.00 bits per heavy atom. The maximum absolute atomic E-state index is 5.43. The molecule has 0 amide bonds. The quantitative estimate of drug-likeness (QED) is 0.848. The number of nitrogens with zero attached hydrogens (tertiary/aromatic N) is 3. The molecule has 1 heterocycles. The van der Waals surface area contributed by atoms with Crippen LogP contribution in [0.3, 0.4) is 0 Å². The van der Waals surface area contributed by atoms with Crippen molar-refractivity contribution >= 4 is 28.7 Å². The molecule has 0 radical (unpaired) electrons. The van der Waals surface area contributed by atoms with Gasteiger partial charge in [-0.1, -0.05) is 30.6 Å². The van der Waals surface area contributed by atoms with Gasteiger partial charge >= 0.3 is 0 Å². The summed E-state index contributed by atoms with van der Waals surface area (Å²) in [5.41, 5.74) is 0.0206. The molecule has 1 aliphatic rings. The summed E-state index contributed by atoms with van der Waals surface area (Å²) in [6, 6.07) is 0.686. The molecule has 4 nitrogen and oxygen atoms in total. The molecule has 6 heteroatoms. The minimum absolute atomic E-state index is 0.0206. The van der Waals surface area contributed by atoms with E-state index in [-0.39, 0.29) is 5.54 Å². The average molecular weight is 315 g/mol. The Morgan fingerprint density at radius 3 is 2.60 bits per heavy atom. The summed E-state index contributed by atoms with van der Waals surface area (Å²) in [5.74, 6) is 0. The van der Waals surface area contributed by atoms with Crippen LogP contribution in [0.15, 0.2) is 0 Å². The largest absolute Gasteiger partial charge is 0.356 e. The van der Waals surface area contributed by atoms with E-state index in [0.29, 0.717) is 6.04 Å². The third-order valence-corrected chi connectivity index (χ3v) is 4.87. The van der Waals surface area contributed by atoms with Crippen molar-refractivity contribution in [2.24, 2.45) is 0 Å². The summed E-state index contributed by atoms with van der Waals surface area (Å²) in [7, 11) is 2.19. The van der Waals surface area contributed by atoms with Crippen molar-refractivity contribution in [3.63, 3.8) is 0 Å². The van der Waals surface area contributed by atoms with E-state index in [2.05, 4.69) is 43.1 Å². The third-order valence-electron chi connectivity index (χ3n) is 3.64. The van der Waals surface area contributed by atoms with E-state index in [1.54, 1.807) is 11.3 Å². The van der Waals surface area contributed by atoms with Crippen molar-refractivity contribution in [3.05, 3.63) is 3.95 Å². The number of anilines is 1. The molecule has 114 valence electrons. The van der Waals surface area contributed by atoms with Gasteiger partial charge in [0.1, 0.15) is 0 Å². The summed E-state index contributed by atoms with van der Waals surface area (Å²) >= 11 is 6.99. The fourth-order valence-electron chi connectivity index (χ4n) is 2.62. The molecule has 1 aliphatic carbocycles. The van der Waals surface area contributed by atoms with Crippen molar-refractivity contribution in [1.29, 1.82) is 0 Å². The molecule has 1 aromatic rings. The van der Waals surface area contributed by atoms with Crippen molar-refractivity contribution in [3.8, 4) is 0 Å². The van der Waals surface area contributed by atoms with Gasteiger partial charge in [0, 0.05) is 11.6 Å². The van der Waals surface area contributed by atoms with Crippen LogP contribution >= 0.6 is 23.6 Å². The molecule has 0 bridgehead atoms. The molecule has 0 atom stereocenters. The number of rotatable bonds is 4. The van der Waals surface area contributed by atoms with E-state index in [1.165, 1.54) is 32.1 Å². The zero-order chi connectivity index (χ0) is 14.8. The number of hydrogen-bond donors (Lipinski definition) is 1. The summed E-state index contributed by atoms with van der Waals surface area (Å²) in [5, 5.41) is 8.92. The van der Waals surface area contributed by atoms with Gasteiger partial charge in [-0.3, -0.25) is 4.90 Å². The highest BCUT2D eigenvalue weighted by Gasteiger charge is 2.19. The monoisotopic (exact) mass is 314 g/mol. The Kier molecular flexibility index (Phi) is 5.20. The van der Waals surface area contributed by atoms with Gasteiger partial charge in [0.2, 0.25) is 5.13 Å². The molecular weight excluding hydrogens is 288 g/mol. The molecule has 1 fully saturated rings. The fourth-order valence-corrected chi connectivity index (χ4v) is 3.82. The predicted molar refractivity (Wildman–Crippen MR) is 88.9 cm³/mol. The van der Waals surface area contributed by atoms with E-state index in [0.717, 1.165) is 15.8 Å². The van der Waals surface area contributed by atoms with Gasteiger partial charge in [-0.25, -0.2) is 4.68 Å². The Labute approximate surface area is 131 Å². The van der Waals surface area contributed by atoms with Gasteiger partial charge in [0.25, 0.3) is 0 Å². The molecule has 2 rings (SSSR count). The van der Waals surface area contributed by atoms with Crippen molar-refractivity contribution in [2.75, 3.05) is 12.4 Å². The van der Waals surface area contributed by atoms with E-state index in [9.17, 15) is 0 Å². The lowest BCUT2D eigenvalue weighted by molar-refractivity contribution is 0.146. The molecule has 0 aromatic carbocycles. The van der Waals surface area contributed by atoms with E-state index >= 15 is 0 Å². The molecule has 0 saturated heterocycles. The highest BCUT2D eigenvalue weighted by atomic mass is 32.1. The topological polar surface area (TPSA) is 33.1 Å². The molecule has 1 saturated carbocycles. The standard InChI is InChI=1S/C14H26N4S2/c1-14(2,3)15-12-16-18(13(19)20-12)10-17(4)11-8-6-5-7-9-11/h11H,5-10H2,1-4H3,(H,15,16). The third kappa shape index (κ3) is 4.53. The summed E-state index contributed by atoms with van der Waals surface area (Å²) < 4.78 is 2.79. The van der Waals surface area contributed by atoms with Gasteiger partial charge in [-0.05, 0) is 52.9 Å². The molecule has 0 aliphatic heterocycles. The second kappa shape index (κ2) is 6.54. The van der Waals surface area contributed by atoms with Crippen molar-refractivity contribution in [2.45, 2.75) is 71.1 Å². The minimum atomic E-state index is 0.0206. The van der Waals surface area contributed by atoms with E-state index in [1.807, 2.05) is 4.68 Å². The normalized spacial score (nSPS) is 17.6. The van der Waals surface area contributed by atoms with Gasteiger partial charge in [-0.2, -0.15) is 0 Å². The first-order valence-electron chi connectivity index (χ1n) is 7.41. The van der Waals surface area contributed by atoms with Crippen LogP contribution < -0.4 is 5.32 Å². The minimum Gasteiger partial charge on any atom is -0.356 e. The van der Waals surface area contributed by atoms with Crippen molar-refractivity contribution in [1.82, 2.24) is 14.7 Å². The number of hydrogen-bond acceptors (Lipinski definition) is 5.